The van der Waals surface area contributed by atoms with Crippen molar-refractivity contribution in [3.8, 4) is 0 Å². The summed E-state index contributed by atoms with van der Waals surface area (Å²) in [6, 6.07) is 4.06. The third-order valence-corrected chi connectivity index (χ3v) is 4.56. The van der Waals surface area contributed by atoms with E-state index in [9.17, 15) is 4.79 Å². The molecule has 0 N–H and O–H groups in total. The van der Waals surface area contributed by atoms with Crippen molar-refractivity contribution in [2.75, 3.05) is 26.2 Å². The SMILES string of the molecule is O=C(CCn1cccn1)N1CCN(Cc2ccsc2)CC1. The summed E-state index contributed by atoms with van der Waals surface area (Å²) >= 11 is 1.74. The summed E-state index contributed by atoms with van der Waals surface area (Å²) in [5.74, 6) is 0.237. The Kier molecular flexibility index (Phi) is 4.67. The molecule has 0 aromatic carbocycles. The van der Waals surface area contributed by atoms with Crippen molar-refractivity contribution in [3.63, 3.8) is 0 Å². The van der Waals surface area contributed by atoms with Crippen molar-refractivity contribution in [2.45, 2.75) is 19.5 Å². The standard InChI is InChI=1S/C15H20N4OS/c20-15(2-6-19-5-1-4-16-19)18-9-7-17(8-10-18)12-14-3-11-21-13-14/h1,3-5,11,13H,2,6-10,12H2. The molecule has 21 heavy (non-hydrogen) atoms. The van der Waals surface area contributed by atoms with Crippen LogP contribution in [-0.4, -0.2) is 51.7 Å². The number of aromatic nitrogens is 2. The highest BCUT2D eigenvalue weighted by molar-refractivity contribution is 7.07. The molecular formula is C15H20N4OS. The van der Waals surface area contributed by atoms with E-state index >= 15 is 0 Å². The first kappa shape index (κ1) is 14.3. The first-order valence-corrected chi connectivity index (χ1v) is 8.24. The van der Waals surface area contributed by atoms with Gasteiger partial charge in [0.1, 0.15) is 0 Å². The van der Waals surface area contributed by atoms with Gasteiger partial charge < -0.3 is 4.90 Å². The fourth-order valence-corrected chi connectivity index (χ4v) is 3.26. The van der Waals surface area contributed by atoms with Gasteiger partial charge in [-0.15, -0.1) is 0 Å². The smallest absolute Gasteiger partial charge is 0.224 e. The number of amides is 1. The summed E-state index contributed by atoms with van der Waals surface area (Å²) in [4.78, 5) is 16.6. The lowest BCUT2D eigenvalue weighted by Crippen LogP contribution is -2.48. The Morgan fingerprint density at radius 1 is 1.29 bits per heavy atom. The fraction of sp³-hybridized carbons (Fsp3) is 0.467. The van der Waals surface area contributed by atoms with Gasteiger partial charge in [-0.2, -0.15) is 16.4 Å². The van der Waals surface area contributed by atoms with E-state index in [-0.39, 0.29) is 5.91 Å². The van der Waals surface area contributed by atoms with Crippen molar-refractivity contribution in [2.24, 2.45) is 0 Å². The molecule has 1 fully saturated rings. The monoisotopic (exact) mass is 304 g/mol. The van der Waals surface area contributed by atoms with Gasteiger partial charge in [-0.1, -0.05) is 0 Å². The highest BCUT2D eigenvalue weighted by Gasteiger charge is 2.20. The molecule has 2 aromatic heterocycles. The third kappa shape index (κ3) is 3.92. The predicted octanol–water partition coefficient (Wildman–Crippen LogP) is 1.68. The van der Waals surface area contributed by atoms with Crippen LogP contribution in [0, 0.1) is 0 Å². The Morgan fingerprint density at radius 2 is 2.14 bits per heavy atom. The minimum Gasteiger partial charge on any atom is -0.340 e. The van der Waals surface area contributed by atoms with Crippen LogP contribution >= 0.6 is 11.3 Å². The molecule has 0 radical (unpaired) electrons. The minimum absolute atomic E-state index is 0.237. The molecule has 1 aliphatic heterocycles. The van der Waals surface area contributed by atoms with E-state index in [1.165, 1.54) is 5.56 Å². The van der Waals surface area contributed by atoms with Crippen LogP contribution in [-0.2, 0) is 17.9 Å². The Bertz CT molecular complexity index is 544. The molecule has 5 nitrogen and oxygen atoms in total. The molecule has 0 spiro atoms. The number of hydrogen-bond donors (Lipinski definition) is 0. The van der Waals surface area contributed by atoms with E-state index < -0.39 is 0 Å². The molecule has 1 saturated heterocycles. The molecule has 1 amide bonds. The molecule has 112 valence electrons. The van der Waals surface area contributed by atoms with Gasteiger partial charge in [-0.3, -0.25) is 14.4 Å². The lowest BCUT2D eigenvalue weighted by atomic mass is 10.2. The number of carbonyl (C=O) groups excluding carboxylic acids is 1. The van der Waals surface area contributed by atoms with Gasteiger partial charge in [0, 0.05) is 58.1 Å². The summed E-state index contributed by atoms with van der Waals surface area (Å²) < 4.78 is 1.81. The van der Waals surface area contributed by atoms with Gasteiger partial charge in [-0.25, -0.2) is 0 Å². The number of carbonyl (C=O) groups is 1. The van der Waals surface area contributed by atoms with E-state index in [0.717, 1.165) is 32.7 Å². The lowest BCUT2D eigenvalue weighted by Gasteiger charge is -2.34. The average Bonchev–Trinajstić information content (AvgIpc) is 3.19. The van der Waals surface area contributed by atoms with Crippen LogP contribution in [0.5, 0.6) is 0 Å². The second-order valence-corrected chi connectivity index (χ2v) is 6.09. The van der Waals surface area contributed by atoms with E-state index in [4.69, 9.17) is 0 Å². The van der Waals surface area contributed by atoms with Crippen LogP contribution in [0.2, 0.25) is 0 Å². The predicted molar refractivity (Wildman–Crippen MR) is 83.0 cm³/mol. The number of aryl methyl sites for hydroxylation is 1. The molecule has 1 aliphatic rings. The lowest BCUT2D eigenvalue weighted by molar-refractivity contribution is -0.133. The maximum atomic E-state index is 12.2. The molecule has 0 unspecified atom stereocenters. The molecule has 0 atom stereocenters. The van der Waals surface area contributed by atoms with Crippen LogP contribution in [0.4, 0.5) is 0 Å². The number of thiophene rings is 1. The van der Waals surface area contributed by atoms with Gasteiger partial charge in [0.25, 0.3) is 0 Å². The number of rotatable bonds is 5. The number of nitrogens with zero attached hydrogens (tertiary/aromatic N) is 4. The van der Waals surface area contributed by atoms with Crippen molar-refractivity contribution >= 4 is 17.2 Å². The van der Waals surface area contributed by atoms with Crippen LogP contribution in [0.1, 0.15) is 12.0 Å². The van der Waals surface area contributed by atoms with Gasteiger partial charge in [0.05, 0.1) is 0 Å². The molecule has 0 bridgehead atoms. The van der Waals surface area contributed by atoms with Crippen LogP contribution in [0.15, 0.2) is 35.3 Å². The Hall–Kier alpha value is -1.66. The van der Waals surface area contributed by atoms with Gasteiger partial charge >= 0.3 is 0 Å². The second kappa shape index (κ2) is 6.87. The van der Waals surface area contributed by atoms with Crippen molar-refractivity contribution < 1.29 is 4.79 Å². The molecule has 0 saturated carbocycles. The molecule has 2 aromatic rings. The largest absolute Gasteiger partial charge is 0.340 e. The van der Waals surface area contributed by atoms with E-state index in [0.29, 0.717) is 13.0 Å². The first-order valence-electron chi connectivity index (χ1n) is 7.30. The average molecular weight is 304 g/mol. The summed E-state index contributed by atoms with van der Waals surface area (Å²) in [6.07, 6.45) is 4.17. The third-order valence-electron chi connectivity index (χ3n) is 3.83. The number of piperazine rings is 1. The Balaban J connectivity index is 1.41. The normalized spacial score (nSPS) is 16.3. The van der Waals surface area contributed by atoms with Crippen molar-refractivity contribution in [1.82, 2.24) is 19.6 Å². The first-order chi connectivity index (χ1) is 10.3. The summed E-state index contributed by atoms with van der Waals surface area (Å²) in [5.41, 5.74) is 1.37. The maximum Gasteiger partial charge on any atom is 0.224 e. The van der Waals surface area contributed by atoms with Crippen LogP contribution in [0.25, 0.3) is 0 Å². The van der Waals surface area contributed by atoms with Gasteiger partial charge in [0.2, 0.25) is 5.91 Å². The maximum absolute atomic E-state index is 12.2. The fourth-order valence-electron chi connectivity index (χ4n) is 2.60. The highest BCUT2D eigenvalue weighted by atomic mass is 32.1. The summed E-state index contributed by atoms with van der Waals surface area (Å²) in [6.45, 7) is 5.26. The number of hydrogen-bond acceptors (Lipinski definition) is 4. The van der Waals surface area contributed by atoms with E-state index in [2.05, 4.69) is 26.8 Å². The van der Waals surface area contributed by atoms with Gasteiger partial charge in [0.15, 0.2) is 0 Å². The van der Waals surface area contributed by atoms with Crippen LogP contribution in [0.3, 0.4) is 0 Å². The summed E-state index contributed by atoms with van der Waals surface area (Å²) in [5, 5.41) is 8.44. The highest BCUT2D eigenvalue weighted by Crippen LogP contribution is 2.12. The van der Waals surface area contributed by atoms with Gasteiger partial charge in [-0.05, 0) is 28.5 Å². The van der Waals surface area contributed by atoms with E-state index in [1.54, 1.807) is 17.5 Å². The van der Waals surface area contributed by atoms with E-state index in [1.807, 2.05) is 21.8 Å². The zero-order chi connectivity index (χ0) is 14.5. The van der Waals surface area contributed by atoms with Crippen molar-refractivity contribution in [1.29, 1.82) is 0 Å². The second-order valence-electron chi connectivity index (χ2n) is 5.31. The summed E-state index contributed by atoms with van der Waals surface area (Å²) in [7, 11) is 0. The Labute approximate surface area is 128 Å². The quantitative estimate of drug-likeness (QED) is 0.844. The molecule has 6 heteroatoms. The van der Waals surface area contributed by atoms with Crippen LogP contribution < -0.4 is 0 Å². The molecule has 3 heterocycles. The zero-order valence-corrected chi connectivity index (χ0v) is 12.8. The molecular weight excluding hydrogens is 284 g/mol. The Morgan fingerprint density at radius 3 is 2.81 bits per heavy atom. The molecule has 0 aliphatic carbocycles. The zero-order valence-electron chi connectivity index (χ0n) is 12.0. The minimum atomic E-state index is 0.237. The molecule has 3 rings (SSSR count). The van der Waals surface area contributed by atoms with Crippen molar-refractivity contribution in [3.05, 3.63) is 40.8 Å². The topological polar surface area (TPSA) is 41.4 Å².